The Morgan fingerprint density at radius 1 is 1.61 bits per heavy atom. The van der Waals surface area contributed by atoms with Crippen LogP contribution in [-0.4, -0.2) is 24.3 Å². The fraction of sp³-hybridized carbons (Fsp3) is 0.357. The molecule has 1 aliphatic rings. The maximum Gasteiger partial charge on any atom is 0.327 e. The Morgan fingerprint density at radius 3 is 3.17 bits per heavy atom. The molecule has 0 saturated heterocycles. The minimum atomic E-state index is -0.927. The van der Waals surface area contributed by atoms with Crippen molar-refractivity contribution in [1.82, 2.24) is 0 Å². The number of carboxylic acids is 1. The molecule has 18 heavy (non-hydrogen) atoms. The molecule has 0 amide bonds. The number of ether oxygens (including phenoxy) is 2. The zero-order valence-electron chi connectivity index (χ0n) is 10.3. The summed E-state index contributed by atoms with van der Waals surface area (Å²) < 4.78 is 11.0. The van der Waals surface area contributed by atoms with Gasteiger partial charge in [0.15, 0.2) is 0 Å². The molecule has 1 N–H and O–H groups in total. The van der Waals surface area contributed by atoms with Crippen molar-refractivity contribution in [2.24, 2.45) is 5.92 Å². The smallest absolute Gasteiger partial charge is 0.327 e. The first kappa shape index (κ1) is 12.5. The predicted octanol–water partition coefficient (Wildman–Crippen LogP) is 2.28. The van der Waals surface area contributed by atoms with Crippen LogP contribution in [0.1, 0.15) is 12.5 Å². The van der Waals surface area contributed by atoms with Gasteiger partial charge in [-0.25, -0.2) is 4.79 Å². The normalized spacial score (nSPS) is 18.2. The zero-order valence-corrected chi connectivity index (χ0v) is 10.3. The molecule has 0 fully saturated rings. The molecule has 4 nitrogen and oxygen atoms in total. The number of benzene rings is 1. The van der Waals surface area contributed by atoms with Gasteiger partial charge < -0.3 is 14.6 Å². The van der Waals surface area contributed by atoms with Crippen molar-refractivity contribution < 1.29 is 19.4 Å². The second kappa shape index (κ2) is 5.58. The minimum Gasteiger partial charge on any atom is -0.494 e. The van der Waals surface area contributed by atoms with E-state index in [4.69, 9.17) is 14.6 Å². The Hall–Kier alpha value is -1.97. The van der Waals surface area contributed by atoms with E-state index in [-0.39, 0.29) is 5.92 Å². The summed E-state index contributed by atoms with van der Waals surface area (Å²) >= 11 is 0. The van der Waals surface area contributed by atoms with Gasteiger partial charge in [-0.05, 0) is 37.1 Å². The van der Waals surface area contributed by atoms with Crippen molar-refractivity contribution in [2.45, 2.75) is 13.3 Å². The van der Waals surface area contributed by atoms with Gasteiger partial charge in [-0.2, -0.15) is 0 Å². The highest BCUT2D eigenvalue weighted by Crippen LogP contribution is 2.31. The van der Waals surface area contributed by atoms with Crippen molar-refractivity contribution in [2.75, 3.05) is 13.2 Å². The van der Waals surface area contributed by atoms with Crippen LogP contribution < -0.4 is 9.47 Å². The molecular formula is C14H16O4. The summed E-state index contributed by atoms with van der Waals surface area (Å²) in [6, 6.07) is 5.74. The van der Waals surface area contributed by atoms with Gasteiger partial charge in [0.25, 0.3) is 0 Å². The molecule has 1 aromatic rings. The van der Waals surface area contributed by atoms with Crippen LogP contribution in [0, 0.1) is 5.92 Å². The average molecular weight is 248 g/mol. The average Bonchev–Trinajstić information content (AvgIpc) is 2.36. The van der Waals surface area contributed by atoms with Gasteiger partial charge in [-0.1, -0.05) is 6.08 Å². The highest BCUT2D eigenvalue weighted by molar-refractivity contribution is 5.79. The third-order valence-corrected chi connectivity index (χ3v) is 2.79. The largest absolute Gasteiger partial charge is 0.494 e. The lowest BCUT2D eigenvalue weighted by Gasteiger charge is -2.23. The maximum atomic E-state index is 10.5. The van der Waals surface area contributed by atoms with E-state index in [0.717, 1.165) is 23.5 Å². The molecule has 0 bridgehead atoms. The highest BCUT2D eigenvalue weighted by atomic mass is 16.5. The van der Waals surface area contributed by atoms with E-state index in [1.165, 1.54) is 6.08 Å². The molecule has 1 atom stereocenters. The summed E-state index contributed by atoms with van der Waals surface area (Å²) in [5.74, 6) is 0.857. The Morgan fingerprint density at radius 2 is 2.44 bits per heavy atom. The molecule has 96 valence electrons. The number of carboxylic acid groups (broad SMARTS) is 1. The second-order valence-corrected chi connectivity index (χ2v) is 4.18. The molecule has 0 radical (unpaired) electrons. The van der Waals surface area contributed by atoms with Crippen LogP contribution in [-0.2, 0) is 11.2 Å². The van der Waals surface area contributed by atoms with Gasteiger partial charge >= 0.3 is 5.97 Å². The number of carbonyl (C=O) groups is 1. The lowest BCUT2D eigenvalue weighted by atomic mass is 9.96. The van der Waals surface area contributed by atoms with E-state index < -0.39 is 5.97 Å². The summed E-state index contributed by atoms with van der Waals surface area (Å²) in [7, 11) is 0. The number of rotatable bonds is 4. The molecule has 0 aromatic heterocycles. The molecule has 0 saturated carbocycles. The van der Waals surface area contributed by atoms with Crippen molar-refractivity contribution >= 4 is 5.97 Å². The topological polar surface area (TPSA) is 55.8 Å². The zero-order chi connectivity index (χ0) is 13.0. The van der Waals surface area contributed by atoms with Gasteiger partial charge in [0, 0.05) is 12.0 Å². The van der Waals surface area contributed by atoms with Crippen molar-refractivity contribution in [3.8, 4) is 11.5 Å². The van der Waals surface area contributed by atoms with Gasteiger partial charge in [0.2, 0.25) is 0 Å². The number of hydrogen-bond acceptors (Lipinski definition) is 3. The van der Waals surface area contributed by atoms with E-state index in [1.807, 2.05) is 25.1 Å². The Bertz CT molecular complexity index is 465. The van der Waals surface area contributed by atoms with Gasteiger partial charge in [0.1, 0.15) is 11.5 Å². The van der Waals surface area contributed by atoms with Crippen LogP contribution in [0.3, 0.4) is 0 Å². The molecule has 1 heterocycles. The molecular weight excluding hydrogens is 232 g/mol. The van der Waals surface area contributed by atoms with Crippen molar-refractivity contribution in [1.29, 1.82) is 0 Å². The van der Waals surface area contributed by atoms with Crippen LogP contribution in [0.25, 0.3) is 0 Å². The van der Waals surface area contributed by atoms with Gasteiger partial charge in [0.05, 0.1) is 13.2 Å². The summed E-state index contributed by atoms with van der Waals surface area (Å²) in [5, 5.41) is 8.61. The van der Waals surface area contributed by atoms with E-state index in [9.17, 15) is 4.79 Å². The first-order chi connectivity index (χ1) is 8.69. The van der Waals surface area contributed by atoms with Crippen LogP contribution in [0.15, 0.2) is 30.4 Å². The first-order valence-corrected chi connectivity index (χ1v) is 5.98. The van der Waals surface area contributed by atoms with Crippen LogP contribution in [0.2, 0.25) is 0 Å². The second-order valence-electron chi connectivity index (χ2n) is 4.18. The summed E-state index contributed by atoms with van der Waals surface area (Å²) in [4.78, 5) is 10.5. The lowest BCUT2D eigenvalue weighted by molar-refractivity contribution is -0.131. The van der Waals surface area contributed by atoms with Crippen LogP contribution >= 0.6 is 0 Å². The Labute approximate surface area is 106 Å². The van der Waals surface area contributed by atoms with Crippen LogP contribution in [0.5, 0.6) is 11.5 Å². The number of hydrogen-bond donors (Lipinski definition) is 1. The van der Waals surface area contributed by atoms with E-state index >= 15 is 0 Å². The Kier molecular flexibility index (Phi) is 3.87. The summed E-state index contributed by atoms with van der Waals surface area (Å²) in [5.41, 5.74) is 1.06. The molecule has 1 aliphatic heterocycles. The van der Waals surface area contributed by atoms with Gasteiger partial charge in [-0.3, -0.25) is 0 Å². The van der Waals surface area contributed by atoms with Crippen molar-refractivity contribution in [3.05, 3.63) is 35.9 Å². The SMILES string of the molecule is CCOc1ccc2c(c1)CC(/C=C/C(=O)O)CO2. The van der Waals surface area contributed by atoms with E-state index in [0.29, 0.717) is 13.2 Å². The van der Waals surface area contributed by atoms with E-state index in [2.05, 4.69) is 0 Å². The third-order valence-electron chi connectivity index (χ3n) is 2.79. The van der Waals surface area contributed by atoms with Crippen molar-refractivity contribution in [3.63, 3.8) is 0 Å². The number of aliphatic carboxylic acids is 1. The molecule has 1 aromatic carbocycles. The quantitative estimate of drug-likeness (QED) is 0.830. The molecule has 2 rings (SSSR count). The predicted molar refractivity (Wildman–Crippen MR) is 67.1 cm³/mol. The summed E-state index contributed by atoms with van der Waals surface area (Å²) in [6.07, 6.45) is 3.63. The van der Waals surface area contributed by atoms with Crippen LogP contribution in [0.4, 0.5) is 0 Å². The monoisotopic (exact) mass is 248 g/mol. The maximum absolute atomic E-state index is 10.5. The molecule has 4 heteroatoms. The third kappa shape index (κ3) is 3.03. The summed E-state index contributed by atoms with van der Waals surface area (Å²) in [6.45, 7) is 3.08. The fourth-order valence-electron chi connectivity index (χ4n) is 1.99. The first-order valence-electron chi connectivity index (χ1n) is 5.98. The number of fused-ring (bicyclic) bond motifs is 1. The van der Waals surface area contributed by atoms with Gasteiger partial charge in [-0.15, -0.1) is 0 Å². The molecule has 0 spiro atoms. The van der Waals surface area contributed by atoms with E-state index in [1.54, 1.807) is 6.08 Å². The standard InChI is InChI=1S/C14H16O4/c1-2-17-12-4-5-13-11(8-12)7-10(9-18-13)3-6-14(15)16/h3-6,8,10H,2,7,9H2,1H3,(H,15,16)/b6-3+. The Balaban J connectivity index is 2.11. The minimum absolute atomic E-state index is 0.102. The highest BCUT2D eigenvalue weighted by Gasteiger charge is 2.18. The lowest BCUT2D eigenvalue weighted by Crippen LogP contribution is -2.19. The molecule has 1 unspecified atom stereocenters. The fourth-order valence-corrected chi connectivity index (χ4v) is 1.99. The molecule has 0 aliphatic carbocycles.